The zero-order valence-electron chi connectivity index (χ0n) is 10.8. The van der Waals surface area contributed by atoms with Crippen LogP contribution in [0.1, 0.15) is 17.2 Å². The minimum absolute atomic E-state index is 0.292. The fraction of sp³-hybridized carbons (Fsp3) is 0.250. The number of aryl methyl sites for hydroxylation is 1. The van der Waals surface area contributed by atoms with Crippen molar-refractivity contribution in [3.05, 3.63) is 59.7 Å². The third kappa shape index (κ3) is 1.84. The second-order valence-electron chi connectivity index (χ2n) is 4.82. The summed E-state index contributed by atoms with van der Waals surface area (Å²) in [6.45, 7) is 2.82. The SMILES string of the molecule is Cc1ccc2c(c1)N(C)C(c1ccccc1)CO2. The third-order valence-electron chi connectivity index (χ3n) is 3.54. The Morgan fingerprint density at radius 2 is 1.89 bits per heavy atom. The van der Waals surface area contributed by atoms with Gasteiger partial charge in [0.15, 0.2) is 0 Å². The molecule has 92 valence electrons. The largest absolute Gasteiger partial charge is 0.489 e. The zero-order chi connectivity index (χ0) is 12.5. The van der Waals surface area contributed by atoms with E-state index in [1.807, 2.05) is 6.07 Å². The molecular weight excluding hydrogens is 222 g/mol. The minimum atomic E-state index is 0.292. The lowest BCUT2D eigenvalue weighted by Crippen LogP contribution is -2.33. The van der Waals surface area contributed by atoms with Gasteiger partial charge in [0.05, 0.1) is 11.7 Å². The fourth-order valence-corrected chi connectivity index (χ4v) is 2.47. The van der Waals surface area contributed by atoms with Crippen molar-refractivity contribution in [1.29, 1.82) is 0 Å². The molecule has 3 rings (SSSR count). The highest BCUT2D eigenvalue weighted by Crippen LogP contribution is 2.38. The number of likely N-dealkylation sites (N-methyl/N-ethyl adjacent to an activating group) is 1. The number of rotatable bonds is 1. The molecule has 0 fully saturated rings. The summed E-state index contributed by atoms with van der Waals surface area (Å²) in [5.74, 6) is 0.982. The van der Waals surface area contributed by atoms with Crippen LogP contribution in [0.25, 0.3) is 0 Å². The van der Waals surface area contributed by atoms with Crippen LogP contribution in [0.3, 0.4) is 0 Å². The summed E-state index contributed by atoms with van der Waals surface area (Å²) in [5, 5.41) is 0. The van der Waals surface area contributed by atoms with E-state index < -0.39 is 0 Å². The summed E-state index contributed by atoms with van der Waals surface area (Å²) in [4.78, 5) is 2.31. The van der Waals surface area contributed by atoms with Crippen molar-refractivity contribution in [2.24, 2.45) is 0 Å². The molecule has 0 spiro atoms. The molecule has 18 heavy (non-hydrogen) atoms. The van der Waals surface area contributed by atoms with Gasteiger partial charge in [-0.05, 0) is 30.2 Å². The second kappa shape index (κ2) is 4.37. The van der Waals surface area contributed by atoms with Crippen molar-refractivity contribution in [3.8, 4) is 5.75 Å². The number of fused-ring (bicyclic) bond motifs is 1. The number of ether oxygens (including phenoxy) is 1. The summed E-state index contributed by atoms with van der Waals surface area (Å²) >= 11 is 0. The molecule has 2 aromatic carbocycles. The van der Waals surface area contributed by atoms with Crippen LogP contribution < -0.4 is 9.64 Å². The van der Waals surface area contributed by atoms with E-state index >= 15 is 0 Å². The number of hydrogen-bond donors (Lipinski definition) is 0. The summed E-state index contributed by atoms with van der Waals surface area (Å²) < 4.78 is 5.87. The zero-order valence-corrected chi connectivity index (χ0v) is 10.8. The molecule has 1 heterocycles. The predicted molar refractivity (Wildman–Crippen MR) is 74.3 cm³/mol. The standard InChI is InChI=1S/C16H17NO/c1-12-8-9-16-14(10-12)17(2)15(11-18-16)13-6-4-3-5-7-13/h3-10,15H,11H2,1-2H3. The predicted octanol–water partition coefficient (Wildman–Crippen LogP) is 3.56. The van der Waals surface area contributed by atoms with Gasteiger partial charge in [0.25, 0.3) is 0 Å². The average Bonchev–Trinajstić information content (AvgIpc) is 2.41. The lowest BCUT2D eigenvalue weighted by Gasteiger charge is -2.36. The van der Waals surface area contributed by atoms with E-state index in [1.165, 1.54) is 16.8 Å². The van der Waals surface area contributed by atoms with E-state index in [2.05, 4.69) is 61.3 Å². The van der Waals surface area contributed by atoms with Gasteiger partial charge in [-0.15, -0.1) is 0 Å². The molecule has 1 aliphatic rings. The van der Waals surface area contributed by atoms with E-state index in [9.17, 15) is 0 Å². The molecule has 0 bridgehead atoms. The molecule has 0 aliphatic carbocycles. The molecule has 1 aliphatic heterocycles. The van der Waals surface area contributed by atoms with Crippen LogP contribution in [0.4, 0.5) is 5.69 Å². The van der Waals surface area contributed by atoms with Gasteiger partial charge in [0.2, 0.25) is 0 Å². The highest BCUT2D eigenvalue weighted by Gasteiger charge is 2.25. The van der Waals surface area contributed by atoms with E-state index in [0.717, 1.165) is 5.75 Å². The summed E-state index contributed by atoms with van der Waals surface area (Å²) in [5.41, 5.74) is 3.74. The topological polar surface area (TPSA) is 12.5 Å². The molecule has 2 aromatic rings. The Bertz CT molecular complexity index is 550. The van der Waals surface area contributed by atoms with E-state index in [-0.39, 0.29) is 0 Å². The van der Waals surface area contributed by atoms with E-state index in [1.54, 1.807) is 0 Å². The monoisotopic (exact) mass is 239 g/mol. The van der Waals surface area contributed by atoms with Crippen molar-refractivity contribution in [2.75, 3.05) is 18.6 Å². The first-order valence-electron chi connectivity index (χ1n) is 6.27. The lowest BCUT2D eigenvalue weighted by molar-refractivity contribution is 0.268. The molecule has 1 atom stereocenters. The number of benzene rings is 2. The quantitative estimate of drug-likeness (QED) is 0.754. The highest BCUT2D eigenvalue weighted by atomic mass is 16.5. The Morgan fingerprint density at radius 1 is 1.11 bits per heavy atom. The summed E-state index contributed by atoms with van der Waals surface area (Å²) in [7, 11) is 2.14. The van der Waals surface area contributed by atoms with Crippen molar-refractivity contribution in [1.82, 2.24) is 0 Å². The van der Waals surface area contributed by atoms with E-state index in [4.69, 9.17) is 4.74 Å². The van der Waals surface area contributed by atoms with E-state index in [0.29, 0.717) is 12.6 Å². The Kier molecular flexibility index (Phi) is 2.71. The normalized spacial score (nSPS) is 18.1. The van der Waals surface area contributed by atoms with Crippen molar-refractivity contribution in [2.45, 2.75) is 13.0 Å². The van der Waals surface area contributed by atoms with Gasteiger partial charge < -0.3 is 9.64 Å². The lowest BCUT2D eigenvalue weighted by atomic mass is 10.0. The highest BCUT2D eigenvalue weighted by molar-refractivity contribution is 5.62. The fourth-order valence-electron chi connectivity index (χ4n) is 2.47. The number of nitrogens with zero attached hydrogens (tertiary/aromatic N) is 1. The van der Waals surface area contributed by atoms with Crippen LogP contribution in [-0.2, 0) is 0 Å². The van der Waals surface area contributed by atoms with Gasteiger partial charge >= 0.3 is 0 Å². The van der Waals surface area contributed by atoms with Crippen LogP contribution in [0.5, 0.6) is 5.75 Å². The van der Waals surface area contributed by atoms with Crippen LogP contribution in [0, 0.1) is 6.92 Å². The Hall–Kier alpha value is -1.96. The van der Waals surface area contributed by atoms with Crippen LogP contribution in [0.15, 0.2) is 48.5 Å². The van der Waals surface area contributed by atoms with Crippen LogP contribution >= 0.6 is 0 Å². The van der Waals surface area contributed by atoms with Crippen LogP contribution in [-0.4, -0.2) is 13.7 Å². The molecule has 0 N–H and O–H groups in total. The molecule has 2 heteroatoms. The van der Waals surface area contributed by atoms with Crippen molar-refractivity contribution >= 4 is 5.69 Å². The molecule has 0 amide bonds. The number of anilines is 1. The van der Waals surface area contributed by atoms with Gasteiger partial charge in [-0.2, -0.15) is 0 Å². The average molecular weight is 239 g/mol. The van der Waals surface area contributed by atoms with Crippen molar-refractivity contribution < 1.29 is 4.74 Å². The van der Waals surface area contributed by atoms with Gasteiger partial charge in [0.1, 0.15) is 12.4 Å². The molecule has 1 unspecified atom stereocenters. The maximum atomic E-state index is 5.87. The van der Waals surface area contributed by atoms with Crippen LogP contribution in [0.2, 0.25) is 0 Å². The molecule has 0 radical (unpaired) electrons. The third-order valence-corrected chi connectivity index (χ3v) is 3.54. The summed E-state index contributed by atoms with van der Waals surface area (Å²) in [6, 6.07) is 17.1. The smallest absolute Gasteiger partial charge is 0.142 e. The van der Waals surface area contributed by atoms with Gasteiger partial charge in [-0.25, -0.2) is 0 Å². The Morgan fingerprint density at radius 3 is 2.67 bits per heavy atom. The maximum absolute atomic E-state index is 5.87. The minimum Gasteiger partial charge on any atom is -0.489 e. The Balaban J connectivity index is 1.99. The van der Waals surface area contributed by atoms with Gasteiger partial charge in [-0.1, -0.05) is 36.4 Å². The molecule has 0 saturated heterocycles. The maximum Gasteiger partial charge on any atom is 0.142 e. The molecular formula is C16H17NO. The molecule has 0 saturated carbocycles. The van der Waals surface area contributed by atoms with Gasteiger partial charge in [-0.3, -0.25) is 0 Å². The first kappa shape index (κ1) is 11.1. The van der Waals surface area contributed by atoms with Gasteiger partial charge in [0, 0.05) is 7.05 Å². The number of hydrogen-bond acceptors (Lipinski definition) is 2. The molecule has 2 nitrogen and oxygen atoms in total. The van der Waals surface area contributed by atoms with Crippen molar-refractivity contribution in [3.63, 3.8) is 0 Å². The Labute approximate surface area is 108 Å². The first-order valence-corrected chi connectivity index (χ1v) is 6.27. The second-order valence-corrected chi connectivity index (χ2v) is 4.82. The molecule has 0 aromatic heterocycles. The summed E-state index contributed by atoms with van der Waals surface area (Å²) in [6.07, 6.45) is 0. The first-order chi connectivity index (χ1) is 8.75.